The van der Waals surface area contributed by atoms with Gasteiger partial charge in [0.15, 0.2) is 0 Å². The summed E-state index contributed by atoms with van der Waals surface area (Å²) in [7, 11) is 0. The molecule has 5 rings (SSSR count). The Morgan fingerprint density at radius 1 is 1.24 bits per heavy atom. The molecule has 1 amide bonds. The van der Waals surface area contributed by atoms with Gasteiger partial charge in [-0.1, -0.05) is 23.5 Å². The zero-order chi connectivity index (χ0) is 19.6. The molecule has 0 bridgehead atoms. The molecule has 1 aliphatic heterocycles. The van der Waals surface area contributed by atoms with Crippen molar-refractivity contribution in [2.24, 2.45) is 5.92 Å². The van der Waals surface area contributed by atoms with Gasteiger partial charge >= 0.3 is 0 Å². The van der Waals surface area contributed by atoms with Crippen LogP contribution in [0.15, 0.2) is 36.8 Å². The number of nitrogens with zero attached hydrogens (tertiary/aromatic N) is 3. The van der Waals surface area contributed by atoms with Crippen molar-refractivity contribution >= 4 is 28.1 Å². The van der Waals surface area contributed by atoms with E-state index in [1.165, 1.54) is 30.3 Å². The number of nitrogens with one attached hydrogen (secondary N) is 5. The fourth-order valence-electron chi connectivity index (χ4n) is 4.01. The number of anilines is 2. The van der Waals surface area contributed by atoms with Crippen LogP contribution in [0.3, 0.4) is 0 Å². The van der Waals surface area contributed by atoms with E-state index >= 15 is 0 Å². The van der Waals surface area contributed by atoms with E-state index in [4.69, 9.17) is 0 Å². The van der Waals surface area contributed by atoms with E-state index in [0.29, 0.717) is 29.4 Å². The number of aromatic nitrogens is 4. The number of hydrogen-bond acceptors (Lipinski definition) is 8. The Bertz CT molecular complexity index is 988. The number of aromatic amines is 1. The van der Waals surface area contributed by atoms with Crippen LogP contribution in [0.4, 0.5) is 10.8 Å². The van der Waals surface area contributed by atoms with E-state index in [9.17, 15) is 4.79 Å². The van der Waals surface area contributed by atoms with Gasteiger partial charge in [-0.05, 0) is 37.3 Å². The monoisotopic (exact) mass is 410 g/mol. The lowest BCUT2D eigenvalue weighted by molar-refractivity contribution is 0.102. The number of H-pyrrole nitrogens is 1. The maximum atomic E-state index is 12.2. The molecule has 9 nitrogen and oxygen atoms in total. The summed E-state index contributed by atoms with van der Waals surface area (Å²) in [6.07, 6.45) is 6.40. The molecule has 1 saturated carbocycles. The predicted molar refractivity (Wildman–Crippen MR) is 112 cm³/mol. The standard InChI is InChI=1S/C19H22N8OS/c28-17(16-9-20-10-21-16)23-13-3-1-2-11(6-13)18-26-27-19(29-18)24-14-4-5-15-12(7-14)8-22-25-15/h1-3,6,9-10,12,14-15,22,25H,4-5,7-8H2,(H,20,21)(H,23,28)(H,24,27). The van der Waals surface area contributed by atoms with Gasteiger partial charge in [-0.2, -0.15) is 0 Å². The van der Waals surface area contributed by atoms with Crippen molar-refractivity contribution in [2.75, 3.05) is 17.2 Å². The Balaban J connectivity index is 1.25. The lowest BCUT2D eigenvalue weighted by atomic mass is 9.83. The summed E-state index contributed by atoms with van der Waals surface area (Å²) >= 11 is 1.54. The molecule has 2 fully saturated rings. The van der Waals surface area contributed by atoms with E-state index in [-0.39, 0.29) is 5.91 Å². The average Bonchev–Trinajstić information content (AvgIpc) is 3.49. The third kappa shape index (κ3) is 4.00. The molecule has 2 aliphatic rings. The Hall–Kier alpha value is -2.82. The number of carbonyl (C=O) groups excluding carboxylic acids is 1. The minimum atomic E-state index is -0.231. The van der Waals surface area contributed by atoms with Gasteiger partial charge in [-0.3, -0.25) is 15.6 Å². The largest absolute Gasteiger partial charge is 0.357 e. The van der Waals surface area contributed by atoms with E-state index < -0.39 is 0 Å². The molecular weight excluding hydrogens is 388 g/mol. The molecule has 3 aromatic rings. The number of fused-ring (bicyclic) bond motifs is 1. The highest BCUT2D eigenvalue weighted by Crippen LogP contribution is 2.32. The number of rotatable bonds is 5. The van der Waals surface area contributed by atoms with Crippen LogP contribution in [0.2, 0.25) is 0 Å². The molecule has 0 spiro atoms. The van der Waals surface area contributed by atoms with Crippen molar-refractivity contribution in [2.45, 2.75) is 31.3 Å². The smallest absolute Gasteiger partial charge is 0.273 e. The number of benzene rings is 1. The highest BCUT2D eigenvalue weighted by Gasteiger charge is 2.34. The second-order valence-electron chi connectivity index (χ2n) is 7.46. The maximum Gasteiger partial charge on any atom is 0.273 e. The molecule has 0 radical (unpaired) electrons. The summed E-state index contributed by atoms with van der Waals surface area (Å²) in [5.74, 6) is 0.439. The predicted octanol–water partition coefficient (Wildman–Crippen LogP) is 2.24. The molecule has 3 atom stereocenters. The van der Waals surface area contributed by atoms with Crippen LogP contribution in [-0.2, 0) is 0 Å². The third-order valence-corrected chi connectivity index (χ3v) is 6.40. The van der Waals surface area contributed by atoms with Crippen molar-refractivity contribution in [1.82, 2.24) is 31.0 Å². The Morgan fingerprint density at radius 3 is 3.10 bits per heavy atom. The van der Waals surface area contributed by atoms with E-state index in [2.05, 4.69) is 41.7 Å². The summed E-state index contributed by atoms with van der Waals surface area (Å²) in [5.41, 5.74) is 8.66. The van der Waals surface area contributed by atoms with Gasteiger partial charge in [0.25, 0.3) is 5.91 Å². The van der Waals surface area contributed by atoms with Gasteiger partial charge in [0.05, 0.1) is 12.5 Å². The van der Waals surface area contributed by atoms with Crippen molar-refractivity contribution < 1.29 is 4.79 Å². The summed E-state index contributed by atoms with van der Waals surface area (Å²) in [6.45, 7) is 1.03. The van der Waals surface area contributed by atoms with Crippen LogP contribution in [0, 0.1) is 5.92 Å². The highest BCUT2D eigenvalue weighted by atomic mass is 32.1. The van der Waals surface area contributed by atoms with Crippen LogP contribution in [0.1, 0.15) is 29.8 Å². The molecule has 1 aliphatic carbocycles. The highest BCUT2D eigenvalue weighted by molar-refractivity contribution is 7.18. The summed E-state index contributed by atoms with van der Waals surface area (Å²) in [5, 5.41) is 16.8. The Kier molecular flexibility index (Phi) is 4.96. The van der Waals surface area contributed by atoms with Crippen LogP contribution in [0.5, 0.6) is 0 Å². The van der Waals surface area contributed by atoms with Crippen molar-refractivity contribution in [1.29, 1.82) is 0 Å². The SMILES string of the molecule is O=C(Nc1cccc(-c2nnc(NC3CCC4NNCC4C3)s2)c1)c1cnc[nH]1. The Morgan fingerprint density at radius 2 is 2.21 bits per heavy atom. The molecule has 1 aromatic carbocycles. The van der Waals surface area contributed by atoms with Gasteiger partial charge in [-0.15, -0.1) is 10.2 Å². The molecule has 5 N–H and O–H groups in total. The molecule has 3 heterocycles. The fourth-order valence-corrected chi connectivity index (χ4v) is 4.83. The first-order valence-electron chi connectivity index (χ1n) is 9.73. The first kappa shape index (κ1) is 18.2. The topological polar surface area (TPSA) is 120 Å². The van der Waals surface area contributed by atoms with Crippen molar-refractivity contribution in [3.05, 3.63) is 42.5 Å². The molecule has 3 unspecified atom stereocenters. The number of hydrogen-bond donors (Lipinski definition) is 5. The molecule has 1 saturated heterocycles. The fraction of sp³-hybridized carbons (Fsp3) is 0.368. The van der Waals surface area contributed by atoms with Crippen LogP contribution in [0.25, 0.3) is 10.6 Å². The quantitative estimate of drug-likeness (QED) is 0.437. The minimum absolute atomic E-state index is 0.231. The summed E-state index contributed by atoms with van der Waals surface area (Å²) in [6, 6.07) is 8.64. The van der Waals surface area contributed by atoms with Gasteiger partial charge in [-0.25, -0.2) is 4.98 Å². The second kappa shape index (κ2) is 7.90. The number of carbonyl (C=O) groups is 1. The first-order valence-corrected chi connectivity index (χ1v) is 10.5. The van der Waals surface area contributed by atoms with Gasteiger partial charge < -0.3 is 15.6 Å². The zero-order valence-corrected chi connectivity index (χ0v) is 16.5. The van der Waals surface area contributed by atoms with Crippen molar-refractivity contribution in [3.8, 4) is 10.6 Å². The lowest BCUT2D eigenvalue weighted by Gasteiger charge is -2.30. The maximum absolute atomic E-state index is 12.2. The van der Waals surface area contributed by atoms with Crippen LogP contribution in [-0.4, -0.2) is 44.7 Å². The zero-order valence-electron chi connectivity index (χ0n) is 15.7. The lowest BCUT2D eigenvalue weighted by Crippen LogP contribution is -2.39. The van der Waals surface area contributed by atoms with Crippen LogP contribution < -0.4 is 21.5 Å². The normalized spacial score (nSPS) is 23.5. The summed E-state index contributed by atoms with van der Waals surface area (Å²) < 4.78 is 0. The molecule has 150 valence electrons. The molecular formula is C19H22N8OS. The number of imidazole rings is 1. The first-order chi connectivity index (χ1) is 14.2. The van der Waals surface area contributed by atoms with E-state index in [0.717, 1.165) is 35.1 Å². The van der Waals surface area contributed by atoms with Gasteiger partial charge in [0, 0.05) is 29.9 Å². The molecule has 29 heavy (non-hydrogen) atoms. The average molecular weight is 411 g/mol. The van der Waals surface area contributed by atoms with E-state index in [1.807, 2.05) is 24.3 Å². The number of hydrazine groups is 1. The van der Waals surface area contributed by atoms with Crippen molar-refractivity contribution in [3.63, 3.8) is 0 Å². The molecule has 10 heteroatoms. The second-order valence-corrected chi connectivity index (χ2v) is 8.44. The molecule has 2 aromatic heterocycles. The summed E-state index contributed by atoms with van der Waals surface area (Å²) in [4.78, 5) is 18.9. The van der Waals surface area contributed by atoms with Crippen LogP contribution >= 0.6 is 11.3 Å². The van der Waals surface area contributed by atoms with Gasteiger partial charge in [0.2, 0.25) is 5.13 Å². The third-order valence-electron chi connectivity index (χ3n) is 5.50. The number of amides is 1. The van der Waals surface area contributed by atoms with Gasteiger partial charge in [0.1, 0.15) is 10.7 Å². The van der Waals surface area contributed by atoms with E-state index in [1.54, 1.807) is 0 Å². The Labute approximate surface area is 171 Å². The minimum Gasteiger partial charge on any atom is -0.357 e.